The quantitative estimate of drug-likeness (QED) is 0.700. The van der Waals surface area contributed by atoms with Crippen molar-refractivity contribution in [2.75, 3.05) is 19.7 Å². The summed E-state index contributed by atoms with van der Waals surface area (Å²) in [6, 6.07) is -0.605. The summed E-state index contributed by atoms with van der Waals surface area (Å²) in [6.45, 7) is -0.324. The molecule has 1 fully saturated rings. The van der Waals surface area contributed by atoms with Crippen LogP contribution in [-0.2, 0) is 4.84 Å². The Morgan fingerprint density at radius 3 is 2.43 bits per heavy atom. The molecule has 0 bridgehead atoms. The number of alkyl halides is 3. The maximum absolute atomic E-state index is 11.6. The van der Waals surface area contributed by atoms with Crippen molar-refractivity contribution in [3.05, 3.63) is 0 Å². The Hall–Kier alpha value is -0.980. The smallest absolute Gasteiger partial charge is 0.323 e. The van der Waals surface area contributed by atoms with Crippen molar-refractivity contribution in [3.63, 3.8) is 0 Å². The van der Waals surface area contributed by atoms with Gasteiger partial charge in [-0.05, 0) is 12.8 Å². The van der Waals surface area contributed by atoms with Crippen LogP contribution >= 0.6 is 0 Å². The van der Waals surface area contributed by atoms with E-state index < -0.39 is 18.8 Å². The maximum atomic E-state index is 11.6. The fraction of sp³-hybridized carbons (Fsp3) is 0.857. The van der Waals surface area contributed by atoms with Crippen LogP contribution in [0.2, 0.25) is 0 Å². The first-order valence-corrected chi connectivity index (χ1v) is 4.22. The number of nitrogens with one attached hydrogen (secondary N) is 1. The third-order valence-electron chi connectivity index (χ3n) is 1.79. The fourth-order valence-corrected chi connectivity index (χ4v) is 1.16. The molecule has 0 aliphatic carbocycles. The van der Waals surface area contributed by atoms with Gasteiger partial charge in [-0.2, -0.15) is 13.2 Å². The Morgan fingerprint density at radius 1 is 1.36 bits per heavy atom. The van der Waals surface area contributed by atoms with Gasteiger partial charge in [0.1, 0.15) is 0 Å². The number of urea groups is 1. The summed E-state index contributed by atoms with van der Waals surface area (Å²) in [6.07, 6.45) is -2.66. The van der Waals surface area contributed by atoms with Gasteiger partial charge in [0.25, 0.3) is 0 Å². The van der Waals surface area contributed by atoms with Gasteiger partial charge in [0.2, 0.25) is 0 Å². The van der Waals surface area contributed by atoms with Crippen LogP contribution in [0.1, 0.15) is 12.8 Å². The summed E-state index contributed by atoms with van der Waals surface area (Å²) in [5.74, 6) is 0. The van der Waals surface area contributed by atoms with Crippen LogP contribution in [0, 0.1) is 0 Å². The number of hydrogen-bond donors (Lipinski definition) is 1. The van der Waals surface area contributed by atoms with Crippen molar-refractivity contribution >= 4 is 6.03 Å². The SMILES string of the molecule is O=C(NOCC(F)(F)F)N1CCCC1. The van der Waals surface area contributed by atoms with Crippen LogP contribution in [0.3, 0.4) is 0 Å². The van der Waals surface area contributed by atoms with Gasteiger partial charge in [0, 0.05) is 13.1 Å². The van der Waals surface area contributed by atoms with Crippen molar-refractivity contribution in [3.8, 4) is 0 Å². The Bertz CT molecular complexity index is 202. The molecule has 1 aliphatic heterocycles. The van der Waals surface area contributed by atoms with Crippen LogP contribution < -0.4 is 5.48 Å². The predicted molar refractivity (Wildman–Crippen MR) is 41.3 cm³/mol. The maximum Gasteiger partial charge on any atom is 0.414 e. The summed E-state index contributed by atoms with van der Waals surface area (Å²) < 4.78 is 34.8. The molecule has 0 aromatic rings. The molecule has 4 nitrogen and oxygen atoms in total. The van der Waals surface area contributed by atoms with Gasteiger partial charge in [-0.25, -0.2) is 10.3 Å². The first-order chi connectivity index (χ1) is 6.49. The molecule has 1 heterocycles. The Morgan fingerprint density at radius 2 is 1.93 bits per heavy atom. The highest BCUT2D eigenvalue weighted by atomic mass is 19.4. The normalized spacial score (nSPS) is 17.2. The zero-order valence-corrected chi connectivity index (χ0v) is 7.43. The van der Waals surface area contributed by atoms with Crippen LogP contribution in [0.4, 0.5) is 18.0 Å². The van der Waals surface area contributed by atoms with Gasteiger partial charge in [0.05, 0.1) is 0 Å². The molecule has 0 saturated carbocycles. The largest absolute Gasteiger partial charge is 0.414 e. The molecule has 0 unspecified atom stereocenters. The second-order valence-corrected chi connectivity index (χ2v) is 3.01. The highest BCUT2D eigenvalue weighted by Crippen LogP contribution is 2.14. The number of hydrogen-bond acceptors (Lipinski definition) is 2. The van der Waals surface area contributed by atoms with Crippen molar-refractivity contribution in [1.29, 1.82) is 0 Å². The van der Waals surface area contributed by atoms with Crippen molar-refractivity contribution in [2.24, 2.45) is 0 Å². The first kappa shape index (κ1) is 11.1. The van der Waals surface area contributed by atoms with Gasteiger partial charge in [0.15, 0.2) is 6.61 Å². The zero-order chi connectivity index (χ0) is 10.6. The van der Waals surface area contributed by atoms with Gasteiger partial charge in [-0.1, -0.05) is 0 Å². The molecule has 1 rings (SSSR count). The second-order valence-electron chi connectivity index (χ2n) is 3.01. The van der Waals surface area contributed by atoms with E-state index in [0.717, 1.165) is 12.8 Å². The molecule has 14 heavy (non-hydrogen) atoms. The Labute approximate surface area is 79.0 Å². The molecule has 0 radical (unpaired) electrons. The summed E-state index contributed by atoms with van der Waals surface area (Å²) >= 11 is 0. The predicted octanol–water partition coefficient (Wildman–Crippen LogP) is 1.29. The number of halogens is 3. The third kappa shape index (κ3) is 3.82. The minimum Gasteiger partial charge on any atom is -0.323 e. The summed E-state index contributed by atoms with van der Waals surface area (Å²) in [5, 5.41) is 0. The number of carbonyl (C=O) groups excluding carboxylic acids is 1. The lowest BCUT2D eigenvalue weighted by atomic mass is 10.4. The van der Waals surface area contributed by atoms with Crippen molar-refractivity contribution < 1.29 is 22.8 Å². The van der Waals surface area contributed by atoms with Gasteiger partial charge < -0.3 is 4.90 Å². The molecule has 0 atom stereocenters. The van der Waals surface area contributed by atoms with E-state index in [9.17, 15) is 18.0 Å². The molecule has 2 amide bonds. The Kier molecular flexibility index (Phi) is 3.56. The number of rotatable bonds is 2. The zero-order valence-electron chi connectivity index (χ0n) is 7.43. The molecule has 0 aromatic heterocycles. The van der Waals surface area contributed by atoms with E-state index >= 15 is 0 Å². The monoisotopic (exact) mass is 212 g/mol. The molecular formula is C7H11F3N2O2. The van der Waals surface area contributed by atoms with Crippen LogP contribution in [0.25, 0.3) is 0 Å². The van der Waals surface area contributed by atoms with E-state index in [1.54, 1.807) is 5.48 Å². The molecule has 1 saturated heterocycles. The first-order valence-electron chi connectivity index (χ1n) is 4.22. The average molecular weight is 212 g/mol. The third-order valence-corrected chi connectivity index (χ3v) is 1.79. The minimum absolute atomic E-state index is 0.571. The summed E-state index contributed by atoms with van der Waals surface area (Å²) in [4.78, 5) is 16.5. The molecule has 82 valence electrons. The highest BCUT2D eigenvalue weighted by molar-refractivity contribution is 5.73. The molecular weight excluding hydrogens is 201 g/mol. The van der Waals surface area contributed by atoms with Gasteiger partial charge in [-0.15, -0.1) is 0 Å². The van der Waals surface area contributed by atoms with E-state index in [4.69, 9.17) is 0 Å². The second kappa shape index (κ2) is 4.50. The van der Waals surface area contributed by atoms with E-state index in [0.29, 0.717) is 13.1 Å². The average Bonchev–Trinajstić information content (AvgIpc) is 2.53. The van der Waals surface area contributed by atoms with E-state index in [1.807, 2.05) is 0 Å². The van der Waals surface area contributed by atoms with E-state index in [1.165, 1.54) is 4.90 Å². The van der Waals surface area contributed by atoms with Gasteiger partial charge >= 0.3 is 12.2 Å². The van der Waals surface area contributed by atoms with Crippen LogP contribution in [0.5, 0.6) is 0 Å². The molecule has 7 heteroatoms. The number of nitrogens with zero attached hydrogens (tertiary/aromatic N) is 1. The number of amides is 2. The van der Waals surface area contributed by atoms with E-state index in [2.05, 4.69) is 4.84 Å². The van der Waals surface area contributed by atoms with Crippen LogP contribution in [0.15, 0.2) is 0 Å². The summed E-state index contributed by atoms with van der Waals surface area (Å²) in [5.41, 5.74) is 1.75. The molecule has 1 N–H and O–H groups in total. The van der Waals surface area contributed by atoms with Crippen molar-refractivity contribution in [1.82, 2.24) is 10.4 Å². The van der Waals surface area contributed by atoms with E-state index in [-0.39, 0.29) is 0 Å². The number of likely N-dealkylation sites (tertiary alicyclic amines) is 1. The lowest BCUT2D eigenvalue weighted by molar-refractivity contribution is -0.184. The molecule has 1 aliphatic rings. The van der Waals surface area contributed by atoms with Gasteiger partial charge in [-0.3, -0.25) is 4.84 Å². The van der Waals surface area contributed by atoms with Crippen molar-refractivity contribution in [2.45, 2.75) is 19.0 Å². The fourth-order valence-electron chi connectivity index (χ4n) is 1.16. The summed E-state index contributed by atoms with van der Waals surface area (Å²) in [7, 11) is 0. The number of carbonyl (C=O) groups is 1. The minimum atomic E-state index is -4.42. The topological polar surface area (TPSA) is 41.6 Å². The lowest BCUT2D eigenvalue weighted by Crippen LogP contribution is -2.39. The lowest BCUT2D eigenvalue weighted by Gasteiger charge is -2.16. The molecule has 0 aromatic carbocycles. The molecule has 0 spiro atoms. The number of hydroxylamine groups is 1. The highest BCUT2D eigenvalue weighted by Gasteiger charge is 2.28. The van der Waals surface area contributed by atoms with Crippen LogP contribution in [-0.4, -0.2) is 36.8 Å². The standard InChI is InChI=1S/C7H11F3N2O2/c8-7(9,10)5-14-11-6(13)12-3-1-2-4-12/h1-5H2,(H,11,13). The Balaban J connectivity index is 2.15.